The van der Waals surface area contributed by atoms with Crippen molar-refractivity contribution in [2.75, 3.05) is 13.2 Å². The molecule has 1 heterocycles. The summed E-state index contributed by atoms with van der Waals surface area (Å²) >= 11 is 0. The third kappa shape index (κ3) is 30.3. The van der Waals surface area contributed by atoms with Gasteiger partial charge >= 0.3 is 19.8 Å². The molecule has 0 saturated carbocycles. The fraction of sp³-hybridized carbons (Fsp3) is 0.692. The Kier molecular flexibility index (Phi) is 27.9. The van der Waals surface area contributed by atoms with E-state index < -0.39 is 32.5 Å². The molecule has 2 unspecified atom stereocenters. The molecule has 1 rings (SSSR count). The summed E-state index contributed by atoms with van der Waals surface area (Å²) in [5.74, 6) is -0.992. The summed E-state index contributed by atoms with van der Waals surface area (Å²) in [6, 6.07) is 0. The van der Waals surface area contributed by atoms with Crippen LogP contribution in [0, 0.1) is 0 Å². The highest BCUT2D eigenvalue weighted by atomic mass is 31.2. The van der Waals surface area contributed by atoms with Gasteiger partial charge in [-0.1, -0.05) is 139 Å². The van der Waals surface area contributed by atoms with E-state index >= 15 is 0 Å². The Morgan fingerprint density at radius 3 is 1.71 bits per heavy atom. The van der Waals surface area contributed by atoms with E-state index in [1.54, 1.807) is 0 Å². The molecule has 1 saturated heterocycles. The molecule has 10 heteroatoms. The first kappa shape index (κ1) is 44.7. The first-order valence-corrected chi connectivity index (χ1v) is 20.2. The Hall–Kier alpha value is -2.29. The van der Waals surface area contributed by atoms with Crippen molar-refractivity contribution in [1.29, 1.82) is 0 Å². The van der Waals surface area contributed by atoms with E-state index in [9.17, 15) is 14.2 Å². The monoisotopic (exact) mass is 708 g/mol. The maximum absolute atomic E-state index is 12.3. The van der Waals surface area contributed by atoms with Crippen molar-refractivity contribution in [3.63, 3.8) is 0 Å². The highest BCUT2D eigenvalue weighted by Crippen LogP contribution is 2.36. The fourth-order valence-corrected chi connectivity index (χ4v) is 5.45. The van der Waals surface area contributed by atoms with Gasteiger partial charge < -0.3 is 24.0 Å². The number of epoxide rings is 1. The summed E-state index contributed by atoms with van der Waals surface area (Å²) in [6.45, 7) is 3.47. The van der Waals surface area contributed by atoms with Crippen molar-refractivity contribution in [2.45, 2.75) is 161 Å². The van der Waals surface area contributed by atoms with Gasteiger partial charge in [0.05, 0.1) is 18.8 Å². The van der Waals surface area contributed by atoms with Gasteiger partial charge in [0.1, 0.15) is 6.61 Å². The third-order valence-electron chi connectivity index (χ3n) is 7.97. The molecule has 0 spiro atoms. The molecule has 1 aliphatic heterocycles. The molecule has 280 valence electrons. The number of allylic oxidation sites excluding steroid dienone is 8. The number of carbonyl (C=O) groups excluding carboxylic acids is 2. The summed E-state index contributed by atoms with van der Waals surface area (Å²) in [6.07, 6.45) is 40.0. The van der Waals surface area contributed by atoms with Gasteiger partial charge in [0, 0.05) is 12.8 Å². The Morgan fingerprint density at radius 2 is 1.16 bits per heavy atom. The fourth-order valence-electron chi connectivity index (χ4n) is 5.09. The Bertz CT molecular complexity index is 1040. The van der Waals surface area contributed by atoms with Crippen molar-refractivity contribution in [3.05, 3.63) is 60.8 Å². The molecule has 3 atom stereocenters. The second kappa shape index (κ2) is 30.5. The van der Waals surface area contributed by atoms with Gasteiger partial charge in [-0.15, -0.1) is 0 Å². The van der Waals surface area contributed by atoms with Crippen LogP contribution in [0.1, 0.15) is 142 Å². The minimum Gasteiger partial charge on any atom is -0.462 e. The van der Waals surface area contributed by atoms with Gasteiger partial charge in [0.25, 0.3) is 0 Å². The highest BCUT2D eigenvalue weighted by Gasteiger charge is 2.35. The van der Waals surface area contributed by atoms with Crippen molar-refractivity contribution in [3.8, 4) is 0 Å². The van der Waals surface area contributed by atoms with Crippen LogP contribution in [0.3, 0.4) is 0 Å². The Labute approximate surface area is 296 Å². The molecule has 0 aliphatic carbocycles. The van der Waals surface area contributed by atoms with Crippen molar-refractivity contribution in [2.24, 2.45) is 0 Å². The largest absolute Gasteiger partial charge is 0.469 e. The standard InChI is InChI=1S/C39H65O9P/c1-3-5-7-8-9-10-13-18-21-24-28-32-39(41)47-35(34-46-49(42,43)44)33-45-38(40)31-27-23-20-17-15-12-11-14-16-19-22-26-30-37-36(48-37)29-25-6-4-2/h6,12,14-16,20,22-23,25-26,35-37H,3-5,7-11,13,17-19,21,24,27-34H2,1-2H3,(H2,42,43,44)/b15-12-,16-14-,23-20-,25-6-,26-22-/t35-,36?,37?/m1/s1. The van der Waals surface area contributed by atoms with Crippen LogP contribution in [0.5, 0.6) is 0 Å². The number of esters is 2. The van der Waals surface area contributed by atoms with E-state index in [1.807, 2.05) is 12.2 Å². The molecule has 0 aromatic heterocycles. The molecular weight excluding hydrogens is 643 g/mol. The number of unbranched alkanes of at least 4 members (excludes halogenated alkanes) is 10. The number of rotatable bonds is 32. The Morgan fingerprint density at radius 1 is 0.653 bits per heavy atom. The zero-order chi connectivity index (χ0) is 35.8. The topological polar surface area (TPSA) is 132 Å². The van der Waals surface area contributed by atoms with E-state index in [1.165, 1.54) is 44.9 Å². The maximum atomic E-state index is 12.3. The lowest BCUT2D eigenvalue weighted by Gasteiger charge is -2.18. The van der Waals surface area contributed by atoms with E-state index in [0.29, 0.717) is 25.0 Å². The molecule has 49 heavy (non-hydrogen) atoms. The quantitative estimate of drug-likeness (QED) is 0.0230. The molecule has 1 aliphatic rings. The molecule has 1 fully saturated rings. The lowest BCUT2D eigenvalue weighted by Crippen LogP contribution is -2.29. The molecule has 0 radical (unpaired) electrons. The minimum atomic E-state index is -4.77. The number of hydrogen-bond acceptors (Lipinski definition) is 7. The number of carbonyl (C=O) groups is 2. The van der Waals surface area contributed by atoms with Crippen molar-refractivity contribution < 1.29 is 42.7 Å². The third-order valence-corrected chi connectivity index (χ3v) is 8.45. The van der Waals surface area contributed by atoms with Gasteiger partial charge in [-0.2, -0.15) is 0 Å². The second-order valence-electron chi connectivity index (χ2n) is 12.6. The van der Waals surface area contributed by atoms with Gasteiger partial charge in [-0.05, 0) is 51.4 Å². The number of phosphoric acid groups is 1. The number of hydrogen-bond donors (Lipinski definition) is 2. The van der Waals surface area contributed by atoms with Crippen LogP contribution < -0.4 is 0 Å². The maximum Gasteiger partial charge on any atom is 0.469 e. The van der Waals surface area contributed by atoms with E-state index in [-0.39, 0.29) is 19.4 Å². The highest BCUT2D eigenvalue weighted by molar-refractivity contribution is 7.46. The molecule has 0 aromatic carbocycles. The van der Waals surface area contributed by atoms with Crippen LogP contribution in [0.15, 0.2) is 60.8 Å². The van der Waals surface area contributed by atoms with Crippen LogP contribution >= 0.6 is 7.82 Å². The van der Waals surface area contributed by atoms with Crippen molar-refractivity contribution >= 4 is 19.8 Å². The molecular formula is C39H65O9P. The lowest BCUT2D eigenvalue weighted by atomic mass is 10.1. The van der Waals surface area contributed by atoms with E-state index in [0.717, 1.165) is 57.8 Å². The van der Waals surface area contributed by atoms with E-state index in [4.69, 9.17) is 24.0 Å². The molecule has 0 amide bonds. The van der Waals surface area contributed by atoms with E-state index in [2.05, 4.69) is 67.0 Å². The van der Waals surface area contributed by atoms with Crippen LogP contribution in [0.25, 0.3) is 0 Å². The SMILES string of the molecule is CC/C=C\CC1OC1C/C=C\C/C=C\C/C=C\C/C=C\CCC(=O)OC[C@H](COP(=O)(O)O)OC(=O)CCCCCCCCCCCCC. The summed E-state index contributed by atoms with van der Waals surface area (Å²) in [7, 11) is -4.77. The van der Waals surface area contributed by atoms with Crippen LogP contribution in [0.2, 0.25) is 0 Å². The smallest absolute Gasteiger partial charge is 0.462 e. The summed E-state index contributed by atoms with van der Waals surface area (Å²) in [5, 5.41) is 0. The average molecular weight is 709 g/mol. The van der Waals surface area contributed by atoms with Gasteiger partial charge in [0.15, 0.2) is 6.10 Å². The van der Waals surface area contributed by atoms with Gasteiger partial charge in [0.2, 0.25) is 0 Å². The lowest BCUT2D eigenvalue weighted by molar-refractivity contribution is -0.161. The minimum absolute atomic E-state index is 0.138. The molecule has 9 nitrogen and oxygen atoms in total. The number of phosphoric ester groups is 1. The molecule has 0 bridgehead atoms. The van der Waals surface area contributed by atoms with Crippen LogP contribution in [0.4, 0.5) is 0 Å². The van der Waals surface area contributed by atoms with Gasteiger partial charge in [-0.25, -0.2) is 4.57 Å². The Balaban J connectivity index is 2.14. The van der Waals surface area contributed by atoms with Gasteiger partial charge in [-0.3, -0.25) is 14.1 Å². The summed E-state index contributed by atoms with van der Waals surface area (Å²) in [5.41, 5.74) is 0. The summed E-state index contributed by atoms with van der Waals surface area (Å²) in [4.78, 5) is 42.6. The normalized spacial score (nSPS) is 17.3. The second-order valence-corrected chi connectivity index (χ2v) is 13.8. The first-order valence-electron chi connectivity index (χ1n) is 18.7. The number of ether oxygens (including phenoxy) is 3. The van der Waals surface area contributed by atoms with Crippen molar-refractivity contribution in [1.82, 2.24) is 0 Å². The molecule has 2 N–H and O–H groups in total. The zero-order valence-corrected chi connectivity index (χ0v) is 31.2. The van der Waals surface area contributed by atoms with Crippen LogP contribution in [-0.2, 0) is 32.9 Å². The molecule has 0 aromatic rings. The predicted molar refractivity (Wildman–Crippen MR) is 197 cm³/mol. The average Bonchev–Trinajstić information content (AvgIpc) is 3.82. The predicted octanol–water partition coefficient (Wildman–Crippen LogP) is 9.94. The van der Waals surface area contributed by atoms with Crippen LogP contribution in [-0.4, -0.2) is 53.3 Å². The summed E-state index contributed by atoms with van der Waals surface area (Å²) < 4.78 is 31.9. The first-order chi connectivity index (χ1) is 23.7. The zero-order valence-electron chi connectivity index (χ0n) is 30.3.